The number of oxazole rings is 1. The summed E-state index contributed by atoms with van der Waals surface area (Å²) in [5, 5.41) is 0. The SMILES string of the molecule is Cl.NCc1nc2ccc(F)cc2o1. The first-order valence-electron chi connectivity index (χ1n) is 3.54. The number of fused-ring (bicyclic) bond motifs is 1. The number of hydrogen-bond acceptors (Lipinski definition) is 3. The predicted octanol–water partition coefficient (Wildman–Crippen LogP) is 1.85. The van der Waals surface area contributed by atoms with Gasteiger partial charge in [0, 0.05) is 6.07 Å². The van der Waals surface area contributed by atoms with Crippen molar-refractivity contribution < 1.29 is 8.81 Å². The molecular formula is C8H8ClFN2O. The normalized spacial score (nSPS) is 10.0. The fourth-order valence-corrected chi connectivity index (χ4v) is 1.03. The quantitative estimate of drug-likeness (QED) is 0.768. The Balaban J connectivity index is 0.000000845. The van der Waals surface area contributed by atoms with Crippen molar-refractivity contribution >= 4 is 23.5 Å². The van der Waals surface area contributed by atoms with E-state index in [0.29, 0.717) is 17.0 Å². The second kappa shape index (κ2) is 3.72. The molecule has 0 saturated carbocycles. The Morgan fingerprint density at radius 2 is 2.23 bits per heavy atom. The fourth-order valence-electron chi connectivity index (χ4n) is 1.03. The number of hydrogen-bond donors (Lipinski definition) is 1. The molecule has 0 radical (unpaired) electrons. The Labute approximate surface area is 80.2 Å². The zero-order valence-corrected chi connectivity index (χ0v) is 7.47. The Hall–Kier alpha value is -1.13. The third-order valence-corrected chi connectivity index (χ3v) is 1.57. The van der Waals surface area contributed by atoms with E-state index in [1.54, 1.807) is 6.07 Å². The van der Waals surface area contributed by atoms with Crippen LogP contribution in [0.2, 0.25) is 0 Å². The summed E-state index contributed by atoms with van der Waals surface area (Å²) in [6, 6.07) is 4.19. The van der Waals surface area contributed by atoms with Gasteiger partial charge >= 0.3 is 0 Å². The first-order chi connectivity index (χ1) is 5.79. The molecule has 1 aromatic carbocycles. The van der Waals surface area contributed by atoms with Crippen LogP contribution in [0.4, 0.5) is 4.39 Å². The van der Waals surface area contributed by atoms with Crippen molar-refractivity contribution in [2.75, 3.05) is 0 Å². The lowest BCUT2D eigenvalue weighted by Crippen LogP contribution is -1.94. The maximum absolute atomic E-state index is 12.6. The van der Waals surface area contributed by atoms with Crippen molar-refractivity contribution in [2.45, 2.75) is 6.54 Å². The number of rotatable bonds is 1. The van der Waals surface area contributed by atoms with Gasteiger partial charge in [-0.1, -0.05) is 0 Å². The highest BCUT2D eigenvalue weighted by molar-refractivity contribution is 5.85. The monoisotopic (exact) mass is 202 g/mol. The molecule has 2 N–H and O–H groups in total. The van der Waals surface area contributed by atoms with Gasteiger partial charge in [0.2, 0.25) is 5.89 Å². The number of benzene rings is 1. The Morgan fingerprint density at radius 3 is 2.92 bits per heavy atom. The number of nitrogens with zero attached hydrogens (tertiary/aromatic N) is 1. The lowest BCUT2D eigenvalue weighted by atomic mass is 10.3. The zero-order chi connectivity index (χ0) is 8.55. The number of nitrogens with two attached hydrogens (primary N) is 1. The minimum atomic E-state index is -0.331. The molecule has 0 spiro atoms. The summed E-state index contributed by atoms with van der Waals surface area (Å²) in [5.74, 6) is 0.0952. The van der Waals surface area contributed by atoms with E-state index in [-0.39, 0.29) is 24.8 Å². The summed E-state index contributed by atoms with van der Waals surface area (Å²) in [5.41, 5.74) is 6.38. The average Bonchev–Trinajstić information content (AvgIpc) is 2.46. The lowest BCUT2D eigenvalue weighted by Gasteiger charge is -1.84. The number of aromatic nitrogens is 1. The zero-order valence-electron chi connectivity index (χ0n) is 6.66. The van der Waals surface area contributed by atoms with Gasteiger partial charge in [0.15, 0.2) is 5.58 Å². The number of halogens is 2. The van der Waals surface area contributed by atoms with E-state index in [1.807, 2.05) is 0 Å². The second-order valence-corrected chi connectivity index (χ2v) is 2.42. The molecule has 5 heteroatoms. The van der Waals surface area contributed by atoms with Crippen molar-refractivity contribution in [3.05, 3.63) is 29.9 Å². The first kappa shape index (κ1) is 9.95. The molecule has 0 aliphatic carbocycles. The Bertz CT molecular complexity index is 415. The molecule has 0 unspecified atom stereocenters. The summed E-state index contributed by atoms with van der Waals surface area (Å²) < 4.78 is 17.8. The van der Waals surface area contributed by atoms with E-state index in [4.69, 9.17) is 10.2 Å². The molecule has 0 amide bonds. The van der Waals surface area contributed by atoms with Crippen LogP contribution in [0.25, 0.3) is 11.1 Å². The van der Waals surface area contributed by atoms with E-state index >= 15 is 0 Å². The van der Waals surface area contributed by atoms with Gasteiger partial charge in [-0.05, 0) is 12.1 Å². The summed E-state index contributed by atoms with van der Waals surface area (Å²) in [6.07, 6.45) is 0. The fraction of sp³-hybridized carbons (Fsp3) is 0.125. The van der Waals surface area contributed by atoms with E-state index in [1.165, 1.54) is 12.1 Å². The molecule has 13 heavy (non-hydrogen) atoms. The summed E-state index contributed by atoms with van der Waals surface area (Å²) in [4.78, 5) is 4.01. The molecule has 0 fully saturated rings. The van der Waals surface area contributed by atoms with E-state index in [9.17, 15) is 4.39 Å². The van der Waals surface area contributed by atoms with Crippen LogP contribution in [0, 0.1) is 5.82 Å². The van der Waals surface area contributed by atoms with Crippen LogP contribution in [-0.4, -0.2) is 4.98 Å². The van der Waals surface area contributed by atoms with Crippen molar-refractivity contribution in [3.63, 3.8) is 0 Å². The Kier molecular flexibility index (Phi) is 2.85. The lowest BCUT2D eigenvalue weighted by molar-refractivity contribution is 0.530. The molecule has 2 aromatic rings. The molecule has 0 saturated heterocycles. The van der Waals surface area contributed by atoms with Crippen molar-refractivity contribution in [3.8, 4) is 0 Å². The predicted molar refractivity (Wildman–Crippen MR) is 49.1 cm³/mol. The highest BCUT2D eigenvalue weighted by Gasteiger charge is 2.03. The van der Waals surface area contributed by atoms with Crippen molar-refractivity contribution in [2.24, 2.45) is 5.73 Å². The third-order valence-electron chi connectivity index (χ3n) is 1.57. The molecule has 0 aliphatic rings. The van der Waals surface area contributed by atoms with Gasteiger partial charge in [0.05, 0.1) is 6.54 Å². The molecule has 0 atom stereocenters. The van der Waals surface area contributed by atoms with Gasteiger partial charge < -0.3 is 10.2 Å². The summed E-state index contributed by atoms with van der Waals surface area (Å²) in [6.45, 7) is 0.232. The van der Waals surface area contributed by atoms with Gasteiger partial charge in [-0.15, -0.1) is 12.4 Å². The topological polar surface area (TPSA) is 52.0 Å². The average molecular weight is 203 g/mol. The van der Waals surface area contributed by atoms with Crippen LogP contribution < -0.4 is 5.73 Å². The van der Waals surface area contributed by atoms with Gasteiger partial charge in [-0.25, -0.2) is 9.37 Å². The maximum atomic E-state index is 12.6. The minimum Gasteiger partial charge on any atom is -0.439 e. The van der Waals surface area contributed by atoms with Gasteiger partial charge in [0.1, 0.15) is 11.3 Å². The second-order valence-electron chi connectivity index (χ2n) is 2.42. The van der Waals surface area contributed by atoms with Gasteiger partial charge in [-0.2, -0.15) is 0 Å². The Morgan fingerprint density at radius 1 is 1.46 bits per heavy atom. The molecule has 1 aromatic heterocycles. The standard InChI is InChI=1S/C8H7FN2O.ClH/c9-5-1-2-6-7(3-5)12-8(4-10)11-6;/h1-3H,4,10H2;1H. The molecule has 2 rings (SSSR count). The van der Waals surface area contributed by atoms with E-state index < -0.39 is 0 Å². The van der Waals surface area contributed by atoms with Crippen LogP contribution in [0.3, 0.4) is 0 Å². The molecule has 3 nitrogen and oxygen atoms in total. The smallest absolute Gasteiger partial charge is 0.209 e. The van der Waals surface area contributed by atoms with Crippen LogP contribution in [0.15, 0.2) is 22.6 Å². The molecular weight excluding hydrogens is 195 g/mol. The molecule has 70 valence electrons. The van der Waals surface area contributed by atoms with Crippen molar-refractivity contribution in [1.29, 1.82) is 0 Å². The summed E-state index contributed by atoms with van der Waals surface area (Å²) in [7, 11) is 0. The third kappa shape index (κ3) is 1.79. The highest BCUT2D eigenvalue weighted by atomic mass is 35.5. The van der Waals surface area contributed by atoms with Crippen LogP contribution in [-0.2, 0) is 6.54 Å². The molecule has 0 bridgehead atoms. The van der Waals surface area contributed by atoms with Crippen LogP contribution >= 0.6 is 12.4 Å². The van der Waals surface area contributed by atoms with E-state index in [2.05, 4.69) is 4.98 Å². The van der Waals surface area contributed by atoms with Crippen molar-refractivity contribution in [1.82, 2.24) is 4.98 Å². The van der Waals surface area contributed by atoms with Crippen LogP contribution in [0.1, 0.15) is 5.89 Å². The minimum absolute atomic E-state index is 0. The van der Waals surface area contributed by atoms with E-state index in [0.717, 1.165) is 0 Å². The summed E-state index contributed by atoms with van der Waals surface area (Å²) >= 11 is 0. The highest BCUT2D eigenvalue weighted by Crippen LogP contribution is 2.15. The maximum Gasteiger partial charge on any atom is 0.209 e. The van der Waals surface area contributed by atoms with Gasteiger partial charge in [-0.3, -0.25) is 0 Å². The molecule has 1 heterocycles. The first-order valence-corrected chi connectivity index (χ1v) is 3.54. The largest absolute Gasteiger partial charge is 0.439 e. The van der Waals surface area contributed by atoms with Crippen LogP contribution in [0.5, 0.6) is 0 Å². The molecule has 0 aliphatic heterocycles. The van der Waals surface area contributed by atoms with Gasteiger partial charge in [0.25, 0.3) is 0 Å².